The van der Waals surface area contributed by atoms with Crippen molar-refractivity contribution in [1.82, 2.24) is 14.9 Å². The lowest BCUT2D eigenvalue weighted by Gasteiger charge is -2.34. The van der Waals surface area contributed by atoms with Crippen LogP contribution < -0.4 is 5.73 Å². The van der Waals surface area contributed by atoms with Crippen LogP contribution in [0.5, 0.6) is 0 Å². The van der Waals surface area contributed by atoms with Crippen LogP contribution in [0, 0.1) is 6.92 Å². The summed E-state index contributed by atoms with van der Waals surface area (Å²) in [4.78, 5) is 11.1. The van der Waals surface area contributed by atoms with E-state index in [0.29, 0.717) is 11.9 Å². The highest BCUT2D eigenvalue weighted by atomic mass is 16.5. The third-order valence-electron chi connectivity index (χ3n) is 3.09. The molecule has 1 aliphatic rings. The van der Waals surface area contributed by atoms with E-state index in [2.05, 4.69) is 21.8 Å². The Labute approximate surface area is 102 Å². The topological polar surface area (TPSA) is 64.3 Å². The summed E-state index contributed by atoms with van der Waals surface area (Å²) in [5.41, 5.74) is 6.66. The van der Waals surface area contributed by atoms with Crippen LogP contribution in [0.1, 0.15) is 24.9 Å². The number of ether oxygens (including phenoxy) is 1. The monoisotopic (exact) mass is 236 g/mol. The van der Waals surface area contributed by atoms with Crippen LogP contribution in [0.4, 0.5) is 5.82 Å². The minimum absolute atomic E-state index is 0.467. The highest BCUT2D eigenvalue weighted by Gasteiger charge is 2.22. The van der Waals surface area contributed by atoms with Crippen LogP contribution in [0.3, 0.4) is 0 Å². The van der Waals surface area contributed by atoms with E-state index in [0.717, 1.165) is 44.2 Å². The first kappa shape index (κ1) is 12.3. The number of anilines is 1. The molecule has 1 atom stereocenters. The van der Waals surface area contributed by atoms with Gasteiger partial charge in [-0.15, -0.1) is 0 Å². The summed E-state index contributed by atoms with van der Waals surface area (Å²) in [6.07, 6.45) is 1.08. The maximum atomic E-state index is 5.74. The average molecular weight is 236 g/mol. The molecule has 2 heterocycles. The Balaban J connectivity index is 2.08. The predicted molar refractivity (Wildman–Crippen MR) is 66.5 cm³/mol. The van der Waals surface area contributed by atoms with E-state index in [1.54, 1.807) is 6.07 Å². The standard InChI is InChI=1S/C12H20N4O/c1-3-10-8-17-5-4-16(10)7-12-14-9(2)6-11(13)15-12/h6,10H,3-5,7-8H2,1-2H3,(H2,13,14,15). The largest absolute Gasteiger partial charge is 0.384 e. The number of aromatic nitrogens is 2. The molecule has 0 bridgehead atoms. The summed E-state index contributed by atoms with van der Waals surface area (Å²) < 4.78 is 5.48. The van der Waals surface area contributed by atoms with E-state index in [1.165, 1.54) is 0 Å². The van der Waals surface area contributed by atoms with Crippen LogP contribution in [0.15, 0.2) is 6.07 Å². The molecule has 1 fully saturated rings. The fourth-order valence-electron chi connectivity index (χ4n) is 2.18. The highest BCUT2D eigenvalue weighted by molar-refractivity contribution is 5.29. The molecule has 0 aliphatic carbocycles. The number of rotatable bonds is 3. The molecule has 2 rings (SSSR count). The van der Waals surface area contributed by atoms with Crippen LogP contribution in [0.25, 0.3) is 0 Å². The van der Waals surface area contributed by atoms with Crippen LogP contribution in [0.2, 0.25) is 0 Å². The molecule has 1 saturated heterocycles. The van der Waals surface area contributed by atoms with Crippen molar-refractivity contribution in [3.63, 3.8) is 0 Å². The molecule has 5 nitrogen and oxygen atoms in total. The number of hydrogen-bond acceptors (Lipinski definition) is 5. The number of morpholine rings is 1. The quantitative estimate of drug-likeness (QED) is 0.847. The lowest BCUT2D eigenvalue weighted by Crippen LogP contribution is -2.44. The van der Waals surface area contributed by atoms with Crippen LogP contribution in [-0.2, 0) is 11.3 Å². The zero-order valence-corrected chi connectivity index (χ0v) is 10.5. The number of aryl methyl sites for hydroxylation is 1. The summed E-state index contributed by atoms with van der Waals surface area (Å²) in [5.74, 6) is 1.36. The molecule has 5 heteroatoms. The molecular formula is C12H20N4O. The first-order chi connectivity index (χ1) is 8.19. The SMILES string of the molecule is CCC1COCCN1Cc1nc(C)cc(N)n1. The Hall–Kier alpha value is -1.20. The first-order valence-corrected chi connectivity index (χ1v) is 6.11. The first-order valence-electron chi connectivity index (χ1n) is 6.11. The van der Waals surface area contributed by atoms with Gasteiger partial charge in [-0.2, -0.15) is 0 Å². The zero-order valence-electron chi connectivity index (χ0n) is 10.5. The predicted octanol–water partition coefficient (Wildman–Crippen LogP) is 0.978. The second-order valence-electron chi connectivity index (χ2n) is 4.46. The molecule has 2 N–H and O–H groups in total. The minimum Gasteiger partial charge on any atom is -0.384 e. The Morgan fingerprint density at radius 2 is 2.35 bits per heavy atom. The number of nitrogens with two attached hydrogens (primary N) is 1. The van der Waals surface area contributed by atoms with Crippen LogP contribution in [-0.4, -0.2) is 40.7 Å². The average Bonchev–Trinajstić information content (AvgIpc) is 2.28. The smallest absolute Gasteiger partial charge is 0.144 e. The maximum Gasteiger partial charge on any atom is 0.144 e. The van der Waals surface area contributed by atoms with Gasteiger partial charge in [0.1, 0.15) is 11.6 Å². The second-order valence-corrected chi connectivity index (χ2v) is 4.46. The van der Waals surface area contributed by atoms with E-state index in [4.69, 9.17) is 10.5 Å². The molecule has 0 aromatic carbocycles. The van der Waals surface area contributed by atoms with Crippen molar-refractivity contribution in [1.29, 1.82) is 0 Å². The molecule has 0 radical (unpaired) electrons. The normalized spacial score (nSPS) is 21.6. The van der Waals surface area contributed by atoms with Crippen molar-refractivity contribution in [2.75, 3.05) is 25.5 Å². The van der Waals surface area contributed by atoms with Crippen molar-refractivity contribution in [2.24, 2.45) is 0 Å². The third-order valence-corrected chi connectivity index (χ3v) is 3.09. The van der Waals surface area contributed by atoms with Crippen molar-refractivity contribution >= 4 is 5.82 Å². The van der Waals surface area contributed by atoms with Gasteiger partial charge >= 0.3 is 0 Å². The summed E-state index contributed by atoms with van der Waals surface area (Å²) >= 11 is 0. The number of hydrogen-bond donors (Lipinski definition) is 1. The Morgan fingerprint density at radius 1 is 1.53 bits per heavy atom. The van der Waals surface area contributed by atoms with E-state index in [9.17, 15) is 0 Å². The molecule has 0 amide bonds. The fourth-order valence-corrected chi connectivity index (χ4v) is 2.18. The number of nitrogen functional groups attached to an aromatic ring is 1. The van der Waals surface area contributed by atoms with Crippen molar-refractivity contribution in [3.05, 3.63) is 17.6 Å². The van der Waals surface area contributed by atoms with Crippen LogP contribution >= 0.6 is 0 Å². The summed E-state index contributed by atoms with van der Waals surface area (Å²) in [6.45, 7) is 7.41. The van der Waals surface area contributed by atoms with Gasteiger partial charge < -0.3 is 10.5 Å². The minimum atomic E-state index is 0.467. The molecule has 94 valence electrons. The van der Waals surface area contributed by atoms with E-state index >= 15 is 0 Å². The highest BCUT2D eigenvalue weighted by Crippen LogP contribution is 2.13. The van der Waals surface area contributed by atoms with Gasteiger partial charge in [0, 0.05) is 24.3 Å². The summed E-state index contributed by atoms with van der Waals surface area (Å²) in [5, 5.41) is 0. The molecule has 17 heavy (non-hydrogen) atoms. The Bertz CT molecular complexity index is 363. The second kappa shape index (κ2) is 5.42. The van der Waals surface area contributed by atoms with Gasteiger partial charge in [0.2, 0.25) is 0 Å². The number of nitrogens with zero attached hydrogens (tertiary/aromatic N) is 3. The molecular weight excluding hydrogens is 216 g/mol. The van der Waals surface area contributed by atoms with E-state index < -0.39 is 0 Å². The van der Waals surface area contributed by atoms with Gasteiger partial charge in [-0.1, -0.05) is 6.92 Å². The van der Waals surface area contributed by atoms with Gasteiger partial charge in [-0.05, 0) is 13.3 Å². The Morgan fingerprint density at radius 3 is 3.06 bits per heavy atom. The summed E-state index contributed by atoms with van der Waals surface area (Å²) in [7, 11) is 0. The van der Waals surface area contributed by atoms with Crippen molar-refractivity contribution in [3.8, 4) is 0 Å². The fraction of sp³-hybridized carbons (Fsp3) is 0.667. The molecule has 1 aromatic heterocycles. The van der Waals surface area contributed by atoms with E-state index in [1.807, 2.05) is 6.92 Å². The van der Waals surface area contributed by atoms with Gasteiger partial charge in [0.15, 0.2) is 0 Å². The Kier molecular flexibility index (Phi) is 3.91. The zero-order chi connectivity index (χ0) is 12.3. The molecule has 1 aromatic rings. The van der Waals surface area contributed by atoms with Gasteiger partial charge in [0.05, 0.1) is 19.8 Å². The lowest BCUT2D eigenvalue weighted by molar-refractivity contribution is -0.0138. The van der Waals surface area contributed by atoms with Gasteiger partial charge in [-0.25, -0.2) is 9.97 Å². The molecule has 0 saturated carbocycles. The summed E-state index contributed by atoms with van der Waals surface area (Å²) in [6, 6.07) is 2.26. The molecule has 1 aliphatic heterocycles. The molecule has 1 unspecified atom stereocenters. The van der Waals surface area contributed by atoms with E-state index in [-0.39, 0.29) is 0 Å². The van der Waals surface area contributed by atoms with Gasteiger partial charge in [0.25, 0.3) is 0 Å². The van der Waals surface area contributed by atoms with Gasteiger partial charge in [-0.3, -0.25) is 4.90 Å². The molecule has 0 spiro atoms. The maximum absolute atomic E-state index is 5.74. The van der Waals surface area contributed by atoms with Crippen molar-refractivity contribution in [2.45, 2.75) is 32.9 Å². The van der Waals surface area contributed by atoms with Crippen molar-refractivity contribution < 1.29 is 4.74 Å². The lowest BCUT2D eigenvalue weighted by atomic mass is 10.2. The third kappa shape index (κ3) is 3.14.